The van der Waals surface area contributed by atoms with Gasteiger partial charge in [-0.1, -0.05) is 43.7 Å². The van der Waals surface area contributed by atoms with E-state index in [-0.39, 0.29) is 52.8 Å². The average molecular weight is 918 g/mol. The van der Waals surface area contributed by atoms with Crippen LogP contribution in [0.2, 0.25) is 0 Å². The largest absolute Gasteiger partial charge is 0.508 e. The van der Waals surface area contributed by atoms with Gasteiger partial charge in [0.2, 0.25) is 5.75 Å². The van der Waals surface area contributed by atoms with Crippen molar-refractivity contribution < 1.29 is 39.8 Å². The number of nitrogens with zero attached hydrogens (tertiary/aromatic N) is 1. The van der Waals surface area contributed by atoms with Gasteiger partial charge < -0.3 is 45.3 Å². The highest BCUT2D eigenvalue weighted by Gasteiger charge is 2.54. The molecule has 7 unspecified atom stereocenters. The number of anilines is 2. The molecule has 4 aliphatic rings. The lowest BCUT2D eigenvalue weighted by molar-refractivity contribution is -0.132. The maximum atomic E-state index is 16.1. The Balaban J connectivity index is 1.10. The highest BCUT2D eigenvalue weighted by Crippen LogP contribution is 2.55. The first-order chi connectivity index (χ1) is 33.0. The number of carbonyl (C=O) groups excluding carboxylic acids is 1. The van der Waals surface area contributed by atoms with E-state index in [0.29, 0.717) is 74.8 Å². The second kappa shape index (κ2) is 19.3. The molecule has 1 fully saturated rings. The molecule has 354 valence electrons. The molecule has 0 saturated heterocycles. The van der Waals surface area contributed by atoms with Gasteiger partial charge in [0.1, 0.15) is 17.4 Å². The number of fused-ring (bicyclic) bond motifs is 7. The minimum absolute atomic E-state index is 0.0170. The molecule has 11 nitrogen and oxygen atoms in total. The van der Waals surface area contributed by atoms with Crippen LogP contribution in [0, 0.1) is 23.7 Å². The number of aromatic amines is 1. The van der Waals surface area contributed by atoms with E-state index in [1.54, 1.807) is 30.3 Å². The lowest BCUT2D eigenvalue weighted by atomic mass is 9.58. The van der Waals surface area contributed by atoms with E-state index in [9.17, 15) is 25.5 Å². The summed E-state index contributed by atoms with van der Waals surface area (Å²) in [5, 5.41) is 62.5. The molecule has 68 heavy (non-hydrogen) atoms. The van der Waals surface area contributed by atoms with E-state index >= 15 is 4.79 Å². The number of benzene rings is 4. The number of aryl methyl sites for hydroxylation is 2. The lowest BCUT2D eigenvalue weighted by Crippen LogP contribution is -2.50. The molecule has 0 amide bonds. The fourth-order valence-corrected chi connectivity index (χ4v) is 12.4. The van der Waals surface area contributed by atoms with Crippen molar-refractivity contribution in [2.75, 3.05) is 18.5 Å². The molecule has 0 radical (unpaired) electrons. The smallest absolute Gasteiger partial charge is 0.200 e. The molecule has 7 atom stereocenters. The number of Topliss-reactive ketones (excluding diaryl/α,β-unsaturated/α-hetero) is 1. The molecule has 1 saturated carbocycles. The Morgan fingerprint density at radius 1 is 0.941 bits per heavy atom. The minimum atomic E-state index is -1.05. The predicted molar refractivity (Wildman–Crippen MR) is 263 cm³/mol. The highest BCUT2D eigenvalue weighted by atomic mass is 16.5. The number of ether oxygens (including phenoxy) is 2. The molecule has 11 heteroatoms. The highest BCUT2D eigenvalue weighted by molar-refractivity contribution is 5.92. The predicted octanol–water partition coefficient (Wildman–Crippen LogP) is 11.0. The number of carbonyl (C=O) groups is 1. The third kappa shape index (κ3) is 9.00. The van der Waals surface area contributed by atoms with Crippen LogP contribution < -0.4 is 14.8 Å². The number of aromatic hydroxyl groups is 4. The third-order valence-corrected chi connectivity index (χ3v) is 15.7. The summed E-state index contributed by atoms with van der Waals surface area (Å²) < 4.78 is 12.3. The number of hydrogen-bond donors (Lipinski definition) is 7. The van der Waals surface area contributed by atoms with Crippen LogP contribution in [0.1, 0.15) is 104 Å². The molecule has 4 aromatic carbocycles. The molecular formula is C57H63N3O8. The SMILES string of the molecule is CC1CC=CC(COc2cc(C3CCc4c(ccc5cc(O)ccc45)Nc4cc(ccn4)C4(CCCC4Cc4ccc[nH]4)C(C(O)CCc4ccc(O)c5c4CCCO5)C(=O)C3)cc(O)c2O)C1. The zero-order valence-corrected chi connectivity index (χ0v) is 38.8. The minimum Gasteiger partial charge on any atom is -0.508 e. The van der Waals surface area contributed by atoms with Crippen molar-refractivity contribution in [2.45, 2.75) is 108 Å². The number of H-pyrrole nitrogens is 1. The first-order valence-corrected chi connectivity index (χ1v) is 24.7. The number of phenolic OH excluding ortho intramolecular Hbond substituents is 4. The van der Waals surface area contributed by atoms with Crippen LogP contribution in [0.25, 0.3) is 10.8 Å². The molecule has 7 N–H and O–H groups in total. The first kappa shape index (κ1) is 45.3. The standard InChI is InChI=1S/C57H63N3O8/c1-34-6-2-7-35(26-34)33-68-52-30-39(29-51(65)55(52)66)37-11-16-46-44-17-15-43(61)27-38(44)12-18-47(46)60-53-32-41(21-24-59-53)57(22-3-8-40(57)31-42-9-4-23-58-42)54(50(64)28-37)48(62)19-13-36-14-20-49(63)56-45(36)10-5-25-67-56/h2,4,7,9,12,14-15,17-18,20-21,23-24,27,29-30,32,34-35,37,40,48,54,58,61-63,65-66H,3,5-6,8,10-11,13,16,19,22,25-26,28,31,33H2,1H3,(H,59,60). The Bertz CT molecular complexity index is 2820. The number of pyridine rings is 1. The molecule has 2 bridgehead atoms. The maximum absolute atomic E-state index is 16.1. The van der Waals surface area contributed by atoms with Crippen LogP contribution >= 0.6 is 0 Å². The molecule has 2 aromatic heterocycles. The van der Waals surface area contributed by atoms with E-state index in [4.69, 9.17) is 14.5 Å². The Hall–Kier alpha value is -6.46. The normalized spacial score (nSPS) is 24.2. The molecule has 2 aliphatic carbocycles. The van der Waals surface area contributed by atoms with E-state index in [0.717, 1.165) is 82.9 Å². The van der Waals surface area contributed by atoms with Gasteiger partial charge in [0.25, 0.3) is 0 Å². The van der Waals surface area contributed by atoms with Gasteiger partial charge in [-0.25, -0.2) is 4.98 Å². The van der Waals surface area contributed by atoms with Gasteiger partial charge in [-0.15, -0.1) is 0 Å². The second-order valence-electron chi connectivity index (χ2n) is 20.0. The lowest BCUT2D eigenvalue weighted by Gasteiger charge is -2.45. The van der Waals surface area contributed by atoms with E-state index < -0.39 is 23.4 Å². The molecule has 1 spiro atoms. The second-order valence-corrected chi connectivity index (χ2v) is 20.0. The molecule has 4 heterocycles. The molecule has 2 aliphatic heterocycles. The number of ketones is 1. The fourth-order valence-electron chi connectivity index (χ4n) is 12.4. The Morgan fingerprint density at radius 3 is 2.69 bits per heavy atom. The van der Waals surface area contributed by atoms with Crippen molar-refractivity contribution >= 4 is 28.1 Å². The average Bonchev–Trinajstić information content (AvgIpc) is 4.02. The van der Waals surface area contributed by atoms with Gasteiger partial charge >= 0.3 is 0 Å². The first-order valence-electron chi connectivity index (χ1n) is 24.7. The van der Waals surface area contributed by atoms with Crippen molar-refractivity contribution in [3.05, 3.63) is 137 Å². The van der Waals surface area contributed by atoms with E-state index in [2.05, 4.69) is 41.5 Å². The quantitative estimate of drug-likeness (QED) is 0.0517. The van der Waals surface area contributed by atoms with E-state index in [1.165, 1.54) is 0 Å². The summed E-state index contributed by atoms with van der Waals surface area (Å²) in [4.78, 5) is 24.4. The summed E-state index contributed by atoms with van der Waals surface area (Å²) in [6.45, 7) is 3.08. The van der Waals surface area contributed by atoms with Crippen molar-refractivity contribution in [3.63, 3.8) is 0 Å². The summed E-state index contributed by atoms with van der Waals surface area (Å²) in [7, 11) is 0. The van der Waals surface area contributed by atoms with Gasteiger partial charge in [0.15, 0.2) is 23.0 Å². The van der Waals surface area contributed by atoms with Gasteiger partial charge in [-0.05, 0) is 182 Å². The summed E-state index contributed by atoms with van der Waals surface area (Å²) in [5.41, 5.74) is 5.67. The third-order valence-electron chi connectivity index (χ3n) is 15.7. The van der Waals surface area contributed by atoms with Gasteiger partial charge in [-0.2, -0.15) is 0 Å². The van der Waals surface area contributed by atoms with Crippen LogP contribution in [0.15, 0.2) is 103 Å². The van der Waals surface area contributed by atoms with Gasteiger partial charge in [-0.3, -0.25) is 4.79 Å². The van der Waals surface area contributed by atoms with Gasteiger partial charge in [0, 0.05) is 47.1 Å². The van der Waals surface area contributed by atoms with Gasteiger partial charge in [0.05, 0.1) is 25.2 Å². The number of rotatable bonds is 10. The molecule has 6 aromatic rings. The van der Waals surface area contributed by atoms with Crippen molar-refractivity contribution in [1.29, 1.82) is 0 Å². The molecule has 10 rings (SSSR count). The zero-order chi connectivity index (χ0) is 46.9. The maximum Gasteiger partial charge on any atom is 0.200 e. The van der Waals surface area contributed by atoms with Crippen molar-refractivity contribution in [1.82, 2.24) is 9.97 Å². The van der Waals surface area contributed by atoms with Crippen LogP contribution in [-0.2, 0) is 35.9 Å². The van der Waals surface area contributed by atoms with Crippen LogP contribution in [-0.4, -0.2) is 60.6 Å². The number of nitrogens with one attached hydrogen (secondary N) is 2. The Kier molecular flexibility index (Phi) is 12.8. The summed E-state index contributed by atoms with van der Waals surface area (Å²) in [6.07, 6.45) is 15.5. The zero-order valence-electron chi connectivity index (χ0n) is 38.8. The van der Waals surface area contributed by atoms with Crippen LogP contribution in [0.3, 0.4) is 0 Å². The van der Waals surface area contributed by atoms with Crippen molar-refractivity contribution in [2.24, 2.45) is 23.7 Å². The summed E-state index contributed by atoms with van der Waals surface area (Å²) >= 11 is 0. The fraction of sp³-hybridized carbons (Fsp3) is 0.404. The number of aromatic nitrogens is 2. The molecular weight excluding hydrogens is 855 g/mol. The van der Waals surface area contributed by atoms with Crippen LogP contribution in [0.5, 0.6) is 34.5 Å². The van der Waals surface area contributed by atoms with Crippen LogP contribution in [0.4, 0.5) is 11.5 Å². The Labute approximate surface area is 397 Å². The summed E-state index contributed by atoms with van der Waals surface area (Å²) in [5.74, 6) is 0.215. The van der Waals surface area contributed by atoms with E-state index in [1.807, 2.05) is 48.8 Å². The number of aliphatic hydroxyl groups excluding tert-OH is 1. The number of hydrogen-bond acceptors (Lipinski definition) is 10. The topological polar surface area (TPSA) is 177 Å². The number of allylic oxidation sites excluding steroid dienone is 1. The summed E-state index contributed by atoms with van der Waals surface area (Å²) in [6, 6.07) is 24.5. The van der Waals surface area contributed by atoms with Crippen molar-refractivity contribution in [3.8, 4) is 34.5 Å². The Morgan fingerprint density at radius 2 is 1.84 bits per heavy atom. The number of phenols is 4. The monoisotopic (exact) mass is 917 g/mol. The number of aliphatic hydroxyl groups is 1.